The Morgan fingerprint density at radius 2 is 1.74 bits per heavy atom. The normalized spacial score (nSPS) is 16.2. The minimum atomic E-state index is -5.08. The van der Waals surface area contributed by atoms with Crippen molar-refractivity contribution in [3.8, 4) is 5.75 Å². The Morgan fingerprint density at radius 1 is 1.09 bits per heavy atom. The van der Waals surface area contributed by atoms with Crippen LogP contribution in [0, 0.1) is 18.8 Å². The number of halogens is 3. The number of nitrogens with one attached hydrogen (secondary N) is 2. The lowest BCUT2D eigenvalue weighted by molar-refractivity contribution is -0.192. The third-order valence-electron chi connectivity index (χ3n) is 6.86. The molecule has 0 saturated carbocycles. The molecule has 1 aromatic heterocycles. The van der Waals surface area contributed by atoms with E-state index in [9.17, 15) is 32.8 Å². The van der Waals surface area contributed by atoms with E-state index in [1.807, 2.05) is 51.1 Å². The fourth-order valence-electron chi connectivity index (χ4n) is 4.62. The summed E-state index contributed by atoms with van der Waals surface area (Å²) in [5, 5.41) is 20.2. The SMILES string of the molecule is Cc1cc(COc2ccc(C(=O)N[C@@H]3CN(C(=O)OCC(C)C)CC[C@@H]3C(=O)NO)cc2)c2ccccc2n1.O=C(O)C(F)(F)F. The molecule has 1 aliphatic heterocycles. The van der Waals surface area contributed by atoms with E-state index in [1.54, 1.807) is 29.7 Å². The number of carboxylic acid groups (broad SMARTS) is 1. The van der Waals surface area contributed by atoms with Crippen LogP contribution >= 0.6 is 0 Å². The maximum Gasteiger partial charge on any atom is 0.490 e. The van der Waals surface area contributed by atoms with Crippen LogP contribution in [-0.2, 0) is 20.9 Å². The zero-order chi connectivity index (χ0) is 34.0. The molecule has 0 bridgehead atoms. The number of nitrogens with zero attached hydrogens (tertiary/aromatic N) is 2. The first kappa shape index (κ1) is 35.6. The number of ether oxygens (including phenoxy) is 2. The molecule has 3 aromatic rings. The van der Waals surface area contributed by atoms with Gasteiger partial charge < -0.3 is 24.8 Å². The van der Waals surface area contributed by atoms with E-state index in [0.29, 0.717) is 17.9 Å². The van der Waals surface area contributed by atoms with Crippen molar-refractivity contribution in [1.29, 1.82) is 0 Å². The number of carbonyl (C=O) groups is 4. The second kappa shape index (κ2) is 15.9. The number of hydrogen-bond donors (Lipinski definition) is 4. The number of hydroxylamine groups is 1. The van der Waals surface area contributed by atoms with Gasteiger partial charge in [0.05, 0.1) is 24.1 Å². The number of amides is 3. The number of pyridine rings is 1. The molecular formula is C31H35F3N4O8. The number of aliphatic carboxylic acids is 1. The van der Waals surface area contributed by atoms with E-state index in [0.717, 1.165) is 22.2 Å². The van der Waals surface area contributed by atoms with Crippen LogP contribution in [0.2, 0.25) is 0 Å². The van der Waals surface area contributed by atoms with Crippen LogP contribution in [-0.4, -0.2) is 76.0 Å². The van der Waals surface area contributed by atoms with Crippen molar-refractivity contribution in [2.75, 3.05) is 19.7 Å². The highest BCUT2D eigenvalue weighted by Crippen LogP contribution is 2.23. The topological polar surface area (TPSA) is 167 Å². The maximum absolute atomic E-state index is 13.0. The van der Waals surface area contributed by atoms with Crippen molar-refractivity contribution >= 4 is 34.8 Å². The van der Waals surface area contributed by atoms with E-state index >= 15 is 0 Å². The number of hydrogen-bond acceptors (Lipinski definition) is 8. The highest BCUT2D eigenvalue weighted by atomic mass is 19.4. The van der Waals surface area contributed by atoms with Gasteiger partial charge >= 0.3 is 18.2 Å². The average Bonchev–Trinajstić information content (AvgIpc) is 3.02. The Morgan fingerprint density at radius 3 is 2.35 bits per heavy atom. The molecule has 0 radical (unpaired) electrons. The molecule has 46 heavy (non-hydrogen) atoms. The van der Waals surface area contributed by atoms with Gasteiger partial charge in [-0.25, -0.2) is 15.1 Å². The molecule has 0 spiro atoms. The predicted octanol–water partition coefficient (Wildman–Crippen LogP) is 4.47. The van der Waals surface area contributed by atoms with E-state index in [1.165, 1.54) is 4.90 Å². The van der Waals surface area contributed by atoms with Crippen LogP contribution in [0.25, 0.3) is 10.9 Å². The van der Waals surface area contributed by atoms with E-state index < -0.39 is 42.0 Å². The van der Waals surface area contributed by atoms with Gasteiger partial charge in [0, 0.05) is 35.3 Å². The van der Waals surface area contributed by atoms with Crippen LogP contribution < -0.4 is 15.5 Å². The molecule has 1 saturated heterocycles. The van der Waals surface area contributed by atoms with Crippen LogP contribution in [0.5, 0.6) is 5.75 Å². The van der Waals surface area contributed by atoms with Crippen LogP contribution in [0.1, 0.15) is 41.9 Å². The summed E-state index contributed by atoms with van der Waals surface area (Å²) in [6, 6.07) is 15.9. The first-order valence-electron chi connectivity index (χ1n) is 14.2. The summed E-state index contributed by atoms with van der Waals surface area (Å²) in [7, 11) is 0. The third-order valence-corrected chi connectivity index (χ3v) is 6.86. The number of rotatable bonds is 8. The number of alkyl halides is 3. The van der Waals surface area contributed by atoms with Gasteiger partial charge in [0.2, 0.25) is 5.91 Å². The van der Waals surface area contributed by atoms with Crippen molar-refractivity contribution in [3.63, 3.8) is 0 Å². The van der Waals surface area contributed by atoms with E-state index in [2.05, 4.69) is 10.3 Å². The van der Waals surface area contributed by atoms with Crippen molar-refractivity contribution in [1.82, 2.24) is 20.7 Å². The van der Waals surface area contributed by atoms with Crippen molar-refractivity contribution < 1.29 is 52.1 Å². The number of carboxylic acids is 1. The molecule has 12 nitrogen and oxygen atoms in total. The van der Waals surface area contributed by atoms with Crippen LogP contribution in [0.4, 0.5) is 18.0 Å². The lowest BCUT2D eigenvalue weighted by Crippen LogP contribution is -2.57. The van der Waals surface area contributed by atoms with Gasteiger partial charge in [-0.3, -0.25) is 19.8 Å². The number of carbonyl (C=O) groups excluding carboxylic acids is 3. The Bertz CT molecular complexity index is 1530. The summed E-state index contributed by atoms with van der Waals surface area (Å²) in [6.45, 7) is 6.80. The molecule has 4 rings (SSSR count). The summed E-state index contributed by atoms with van der Waals surface area (Å²) >= 11 is 0. The molecule has 0 unspecified atom stereocenters. The number of likely N-dealkylation sites (tertiary alicyclic amines) is 1. The molecule has 248 valence electrons. The molecule has 3 amide bonds. The zero-order valence-corrected chi connectivity index (χ0v) is 25.3. The van der Waals surface area contributed by atoms with Crippen molar-refractivity contribution in [3.05, 3.63) is 71.4 Å². The Hall–Kier alpha value is -4.92. The quantitative estimate of drug-likeness (QED) is 0.204. The lowest BCUT2D eigenvalue weighted by atomic mass is 9.90. The first-order valence-corrected chi connectivity index (χ1v) is 14.2. The molecule has 2 heterocycles. The van der Waals surface area contributed by atoms with Gasteiger partial charge in [-0.2, -0.15) is 13.2 Å². The molecule has 1 fully saturated rings. The minimum Gasteiger partial charge on any atom is -0.489 e. The number of para-hydroxylation sites is 1. The standard InChI is InChI=1S/C29H34N4O6.C2HF3O2/c1-18(2)16-39-29(36)33-13-12-24(28(35)32-37)26(15-33)31-27(34)20-8-10-22(11-9-20)38-17-21-14-19(3)30-25-7-5-4-6-23(21)25;3-2(4,5)1(6)7/h4-11,14,18,24,26,37H,12-13,15-17H2,1-3H3,(H,31,34)(H,32,35);(H,6,7)/t24-,26+;/m0./s1. The van der Waals surface area contributed by atoms with Gasteiger partial charge in [-0.1, -0.05) is 32.0 Å². The Balaban J connectivity index is 0.000000738. The molecule has 0 aliphatic carbocycles. The van der Waals surface area contributed by atoms with Crippen LogP contribution in [0.15, 0.2) is 54.6 Å². The number of aromatic nitrogens is 1. The first-order chi connectivity index (χ1) is 21.7. The number of benzene rings is 2. The summed E-state index contributed by atoms with van der Waals surface area (Å²) < 4.78 is 43.0. The van der Waals surface area contributed by atoms with E-state index in [-0.39, 0.29) is 32.0 Å². The summed E-state index contributed by atoms with van der Waals surface area (Å²) in [5.74, 6) is -3.70. The predicted molar refractivity (Wildman–Crippen MR) is 158 cm³/mol. The third kappa shape index (κ3) is 10.1. The van der Waals surface area contributed by atoms with Crippen LogP contribution in [0.3, 0.4) is 0 Å². The maximum atomic E-state index is 13.0. The fraction of sp³-hybridized carbons (Fsp3) is 0.387. The van der Waals surface area contributed by atoms with Crippen molar-refractivity contribution in [2.45, 2.75) is 46.0 Å². The average molecular weight is 649 g/mol. The molecule has 2 atom stereocenters. The number of aryl methyl sites for hydroxylation is 1. The van der Waals surface area contributed by atoms with E-state index in [4.69, 9.17) is 19.4 Å². The minimum absolute atomic E-state index is 0.0846. The Kier molecular flexibility index (Phi) is 12.3. The zero-order valence-electron chi connectivity index (χ0n) is 25.3. The second-order valence-electron chi connectivity index (χ2n) is 10.9. The number of piperidine rings is 1. The summed E-state index contributed by atoms with van der Waals surface area (Å²) in [5.41, 5.74) is 4.86. The van der Waals surface area contributed by atoms with Gasteiger partial charge in [0.25, 0.3) is 5.91 Å². The summed E-state index contributed by atoms with van der Waals surface area (Å²) in [6.07, 6.45) is -5.31. The Labute approximate surface area is 262 Å². The molecule has 2 aromatic carbocycles. The van der Waals surface area contributed by atoms with Gasteiger partial charge in [-0.05, 0) is 55.7 Å². The molecule has 4 N–H and O–H groups in total. The lowest BCUT2D eigenvalue weighted by Gasteiger charge is -2.37. The van der Waals surface area contributed by atoms with Gasteiger partial charge in [-0.15, -0.1) is 0 Å². The molecule has 1 aliphatic rings. The highest BCUT2D eigenvalue weighted by molar-refractivity contribution is 5.95. The van der Waals surface area contributed by atoms with Gasteiger partial charge in [0.15, 0.2) is 0 Å². The van der Waals surface area contributed by atoms with Gasteiger partial charge in [0.1, 0.15) is 12.4 Å². The largest absolute Gasteiger partial charge is 0.490 e. The number of fused-ring (bicyclic) bond motifs is 1. The monoisotopic (exact) mass is 648 g/mol. The smallest absolute Gasteiger partial charge is 0.489 e. The fourth-order valence-corrected chi connectivity index (χ4v) is 4.62. The second-order valence-corrected chi connectivity index (χ2v) is 10.9. The molecular weight excluding hydrogens is 613 g/mol. The summed E-state index contributed by atoms with van der Waals surface area (Å²) in [4.78, 5) is 52.7. The highest BCUT2D eigenvalue weighted by Gasteiger charge is 2.38. The molecule has 15 heteroatoms. The van der Waals surface area contributed by atoms with Crippen molar-refractivity contribution in [2.24, 2.45) is 11.8 Å².